The van der Waals surface area contributed by atoms with Gasteiger partial charge in [-0.3, -0.25) is 4.79 Å². The van der Waals surface area contributed by atoms with Crippen molar-refractivity contribution in [3.8, 4) is 0 Å². The average molecular weight is 314 g/mol. The van der Waals surface area contributed by atoms with Crippen LogP contribution >= 0.6 is 0 Å². The van der Waals surface area contributed by atoms with Crippen molar-refractivity contribution in [2.45, 2.75) is 19.8 Å². The number of nitrogens with zero attached hydrogens (tertiary/aromatic N) is 1. The second-order valence-corrected chi connectivity index (χ2v) is 7.37. The van der Waals surface area contributed by atoms with Gasteiger partial charge in [0.05, 0.1) is 6.26 Å². The molecule has 0 aliphatic carbocycles. The average Bonchev–Trinajstić information content (AvgIpc) is 2.42. The number of amides is 1. The summed E-state index contributed by atoms with van der Waals surface area (Å²) in [6, 6.07) is 4.55. The Morgan fingerprint density at radius 2 is 1.95 bits per heavy atom. The van der Waals surface area contributed by atoms with Gasteiger partial charge in [0.25, 0.3) is 0 Å². The molecule has 0 aromatic heterocycles. The predicted molar refractivity (Wildman–Crippen MR) is 78.9 cm³/mol. The number of rotatable bonds is 3. The van der Waals surface area contributed by atoms with E-state index >= 15 is 0 Å². The number of carbonyl (C=O) groups excluding carboxylic acids is 1. The van der Waals surface area contributed by atoms with Crippen LogP contribution in [0.15, 0.2) is 18.2 Å². The number of piperidine rings is 1. The third-order valence-corrected chi connectivity index (χ3v) is 5.04. The number of anilines is 1. The largest absolute Gasteiger partial charge is 0.326 e. The van der Waals surface area contributed by atoms with Gasteiger partial charge in [0, 0.05) is 24.7 Å². The zero-order valence-electron chi connectivity index (χ0n) is 12.1. The Balaban J connectivity index is 1.95. The summed E-state index contributed by atoms with van der Waals surface area (Å²) >= 11 is 0. The standard InChI is InChI=1S/C14H19FN2O3S/c1-10-3-4-12(9-13(10)15)16-14(18)11-5-7-17(8-6-11)21(2,19)20/h3-4,9,11H,5-8H2,1-2H3,(H,16,18). The number of sulfonamides is 1. The second-order valence-electron chi connectivity index (χ2n) is 5.39. The van der Waals surface area contributed by atoms with Gasteiger partial charge >= 0.3 is 0 Å². The van der Waals surface area contributed by atoms with E-state index in [1.807, 2.05) is 0 Å². The van der Waals surface area contributed by atoms with Crippen LogP contribution in [-0.4, -0.2) is 38.0 Å². The van der Waals surface area contributed by atoms with Gasteiger partial charge in [0.2, 0.25) is 15.9 Å². The monoisotopic (exact) mass is 314 g/mol. The summed E-state index contributed by atoms with van der Waals surface area (Å²) in [7, 11) is -3.19. The molecule has 21 heavy (non-hydrogen) atoms. The first kappa shape index (κ1) is 15.9. The fraction of sp³-hybridized carbons (Fsp3) is 0.500. The SMILES string of the molecule is Cc1ccc(NC(=O)C2CCN(S(C)(=O)=O)CC2)cc1F. The minimum absolute atomic E-state index is 0.189. The van der Waals surface area contributed by atoms with Crippen LogP contribution in [0.3, 0.4) is 0 Å². The maximum absolute atomic E-state index is 13.4. The maximum Gasteiger partial charge on any atom is 0.227 e. The molecule has 0 radical (unpaired) electrons. The smallest absolute Gasteiger partial charge is 0.227 e. The van der Waals surface area contributed by atoms with Crippen molar-refractivity contribution in [1.29, 1.82) is 0 Å². The Hall–Kier alpha value is -1.47. The third kappa shape index (κ3) is 4.01. The molecule has 5 nitrogen and oxygen atoms in total. The number of aryl methyl sites for hydroxylation is 1. The molecule has 1 N–H and O–H groups in total. The highest BCUT2D eigenvalue weighted by molar-refractivity contribution is 7.88. The van der Waals surface area contributed by atoms with Crippen LogP contribution in [0.25, 0.3) is 0 Å². The minimum atomic E-state index is -3.19. The van der Waals surface area contributed by atoms with Crippen molar-refractivity contribution < 1.29 is 17.6 Å². The summed E-state index contributed by atoms with van der Waals surface area (Å²) in [6.45, 7) is 2.35. The highest BCUT2D eigenvalue weighted by Gasteiger charge is 2.28. The van der Waals surface area contributed by atoms with E-state index in [1.54, 1.807) is 19.1 Å². The fourth-order valence-corrected chi connectivity index (χ4v) is 3.24. The van der Waals surface area contributed by atoms with E-state index in [0.717, 1.165) is 0 Å². The summed E-state index contributed by atoms with van der Waals surface area (Å²) in [5.41, 5.74) is 0.947. The zero-order chi connectivity index (χ0) is 15.6. The van der Waals surface area contributed by atoms with Crippen LogP contribution in [0.4, 0.5) is 10.1 Å². The second kappa shape index (κ2) is 6.11. The molecule has 1 aliphatic heterocycles. The van der Waals surface area contributed by atoms with E-state index in [-0.39, 0.29) is 17.6 Å². The van der Waals surface area contributed by atoms with E-state index < -0.39 is 10.0 Å². The highest BCUT2D eigenvalue weighted by atomic mass is 32.2. The van der Waals surface area contributed by atoms with Gasteiger partial charge in [0.15, 0.2) is 0 Å². The molecule has 0 unspecified atom stereocenters. The molecule has 1 aliphatic rings. The van der Waals surface area contributed by atoms with E-state index in [4.69, 9.17) is 0 Å². The van der Waals surface area contributed by atoms with Gasteiger partial charge in [0.1, 0.15) is 5.82 Å². The van der Waals surface area contributed by atoms with Crippen LogP contribution in [0.5, 0.6) is 0 Å². The number of nitrogens with one attached hydrogen (secondary N) is 1. The topological polar surface area (TPSA) is 66.5 Å². The van der Waals surface area contributed by atoms with E-state index in [0.29, 0.717) is 37.2 Å². The van der Waals surface area contributed by atoms with Crippen LogP contribution in [0.1, 0.15) is 18.4 Å². The lowest BCUT2D eigenvalue weighted by Gasteiger charge is -2.29. The lowest BCUT2D eigenvalue weighted by Crippen LogP contribution is -2.40. The molecule has 1 heterocycles. The van der Waals surface area contributed by atoms with E-state index in [2.05, 4.69) is 5.32 Å². The summed E-state index contributed by atoms with van der Waals surface area (Å²) < 4.78 is 37.6. The lowest BCUT2D eigenvalue weighted by molar-refractivity contribution is -0.120. The zero-order valence-corrected chi connectivity index (χ0v) is 12.9. The molecule has 2 rings (SSSR count). The van der Waals surface area contributed by atoms with Crippen LogP contribution in [0.2, 0.25) is 0 Å². The van der Waals surface area contributed by atoms with Gasteiger partial charge in [-0.2, -0.15) is 0 Å². The molecule has 7 heteroatoms. The first-order valence-electron chi connectivity index (χ1n) is 6.79. The molecule has 1 saturated heterocycles. The minimum Gasteiger partial charge on any atom is -0.326 e. The van der Waals surface area contributed by atoms with Crippen molar-refractivity contribution in [3.63, 3.8) is 0 Å². The van der Waals surface area contributed by atoms with Gasteiger partial charge in [-0.1, -0.05) is 6.07 Å². The summed E-state index contributed by atoms with van der Waals surface area (Å²) in [4.78, 5) is 12.1. The summed E-state index contributed by atoms with van der Waals surface area (Å²) in [5, 5.41) is 2.69. The third-order valence-electron chi connectivity index (χ3n) is 3.73. The normalized spacial score (nSPS) is 17.7. The Kier molecular flexibility index (Phi) is 4.63. The summed E-state index contributed by atoms with van der Waals surface area (Å²) in [6.07, 6.45) is 2.13. The molecular formula is C14H19FN2O3S. The Labute approximate surface area is 124 Å². The summed E-state index contributed by atoms with van der Waals surface area (Å²) in [5.74, 6) is -0.793. The molecule has 1 fully saturated rings. The van der Waals surface area contributed by atoms with Crippen molar-refractivity contribution in [2.75, 3.05) is 24.7 Å². The number of halogens is 1. The molecule has 1 aromatic carbocycles. The van der Waals surface area contributed by atoms with E-state index in [9.17, 15) is 17.6 Å². The Morgan fingerprint density at radius 3 is 2.48 bits per heavy atom. The van der Waals surface area contributed by atoms with Crippen molar-refractivity contribution in [2.24, 2.45) is 5.92 Å². The number of benzene rings is 1. The molecule has 0 spiro atoms. The van der Waals surface area contributed by atoms with Gasteiger partial charge < -0.3 is 5.32 Å². The van der Waals surface area contributed by atoms with Crippen molar-refractivity contribution >= 4 is 21.6 Å². The van der Waals surface area contributed by atoms with Crippen LogP contribution in [0, 0.1) is 18.7 Å². The quantitative estimate of drug-likeness (QED) is 0.924. The molecule has 0 atom stereocenters. The first-order valence-corrected chi connectivity index (χ1v) is 8.64. The molecule has 116 valence electrons. The maximum atomic E-state index is 13.4. The van der Waals surface area contributed by atoms with Crippen molar-refractivity contribution in [3.05, 3.63) is 29.6 Å². The van der Waals surface area contributed by atoms with Crippen LogP contribution < -0.4 is 5.32 Å². The molecule has 0 bridgehead atoms. The van der Waals surface area contributed by atoms with Crippen LogP contribution in [-0.2, 0) is 14.8 Å². The number of carbonyl (C=O) groups is 1. The Bertz CT molecular complexity index is 638. The van der Waals surface area contributed by atoms with Gasteiger partial charge in [-0.15, -0.1) is 0 Å². The predicted octanol–water partition coefficient (Wildman–Crippen LogP) is 1.74. The molecule has 1 aromatic rings. The molecule has 1 amide bonds. The van der Waals surface area contributed by atoms with Crippen molar-refractivity contribution in [1.82, 2.24) is 4.31 Å². The molecule has 0 saturated carbocycles. The van der Waals surface area contributed by atoms with E-state index in [1.165, 1.54) is 16.6 Å². The van der Waals surface area contributed by atoms with Gasteiger partial charge in [-0.25, -0.2) is 17.1 Å². The molecular weight excluding hydrogens is 295 g/mol. The highest BCUT2D eigenvalue weighted by Crippen LogP contribution is 2.21. The first-order chi connectivity index (χ1) is 9.77. The lowest BCUT2D eigenvalue weighted by atomic mass is 9.97. The Morgan fingerprint density at radius 1 is 1.33 bits per heavy atom. The fourth-order valence-electron chi connectivity index (χ4n) is 2.36. The number of hydrogen-bond donors (Lipinski definition) is 1. The van der Waals surface area contributed by atoms with Gasteiger partial charge in [-0.05, 0) is 37.5 Å². The number of hydrogen-bond acceptors (Lipinski definition) is 3.